The van der Waals surface area contributed by atoms with E-state index >= 15 is 0 Å². The predicted octanol–water partition coefficient (Wildman–Crippen LogP) is 5.34. The lowest BCUT2D eigenvalue weighted by Crippen LogP contribution is -2.23. The summed E-state index contributed by atoms with van der Waals surface area (Å²) in [4.78, 5) is 2.27. The Balaban J connectivity index is 1.51. The number of aryl methyl sites for hydroxylation is 1. The fourth-order valence-electron chi connectivity index (χ4n) is 3.56. The van der Waals surface area contributed by atoms with Crippen molar-refractivity contribution in [3.05, 3.63) is 89.2 Å². The molecule has 1 saturated heterocycles. The summed E-state index contributed by atoms with van der Waals surface area (Å²) in [6, 6.07) is 15.5. The van der Waals surface area contributed by atoms with Gasteiger partial charge in [0.1, 0.15) is 6.23 Å². The number of alkyl halides is 3. The van der Waals surface area contributed by atoms with E-state index in [-0.39, 0.29) is 6.23 Å². The SMILES string of the molecule is Cc1cccc(CN2CCO[C@@H]2c2ccn(-c3ccc(C(F)(F)F)cc3)c2)c1. The molecule has 146 valence electrons. The number of hydrogen-bond acceptors (Lipinski definition) is 2. The van der Waals surface area contributed by atoms with Crippen molar-refractivity contribution in [3.63, 3.8) is 0 Å². The fourth-order valence-corrected chi connectivity index (χ4v) is 3.56. The Hall–Kier alpha value is -2.57. The van der Waals surface area contributed by atoms with Gasteiger partial charge in [-0.25, -0.2) is 0 Å². The van der Waals surface area contributed by atoms with Crippen molar-refractivity contribution in [3.8, 4) is 5.69 Å². The summed E-state index contributed by atoms with van der Waals surface area (Å²) in [5.41, 5.74) is 3.49. The van der Waals surface area contributed by atoms with Gasteiger partial charge in [0.15, 0.2) is 0 Å². The molecule has 1 aliphatic rings. The van der Waals surface area contributed by atoms with E-state index in [2.05, 4.69) is 36.1 Å². The number of ether oxygens (including phenoxy) is 1. The summed E-state index contributed by atoms with van der Waals surface area (Å²) >= 11 is 0. The summed E-state index contributed by atoms with van der Waals surface area (Å²) in [6.45, 7) is 4.36. The lowest BCUT2D eigenvalue weighted by Gasteiger charge is -2.22. The minimum absolute atomic E-state index is 0.156. The van der Waals surface area contributed by atoms with Gasteiger partial charge in [-0.1, -0.05) is 29.8 Å². The zero-order valence-electron chi connectivity index (χ0n) is 15.5. The van der Waals surface area contributed by atoms with E-state index in [0.29, 0.717) is 12.3 Å². The highest BCUT2D eigenvalue weighted by atomic mass is 19.4. The largest absolute Gasteiger partial charge is 0.416 e. The Kier molecular flexibility index (Phi) is 5.00. The van der Waals surface area contributed by atoms with Crippen molar-refractivity contribution < 1.29 is 17.9 Å². The molecule has 1 atom stereocenters. The van der Waals surface area contributed by atoms with Gasteiger partial charge in [-0.2, -0.15) is 13.2 Å². The van der Waals surface area contributed by atoms with Gasteiger partial charge in [-0.05, 0) is 42.8 Å². The van der Waals surface area contributed by atoms with Crippen LogP contribution in [0.5, 0.6) is 0 Å². The van der Waals surface area contributed by atoms with Crippen LogP contribution in [-0.2, 0) is 17.5 Å². The van der Waals surface area contributed by atoms with Gasteiger partial charge in [-0.15, -0.1) is 0 Å². The normalized spacial score (nSPS) is 17.9. The summed E-state index contributed by atoms with van der Waals surface area (Å²) in [5.74, 6) is 0. The minimum atomic E-state index is -4.33. The number of halogens is 3. The number of hydrogen-bond donors (Lipinski definition) is 0. The fraction of sp³-hybridized carbons (Fsp3) is 0.273. The Bertz CT molecular complexity index is 947. The molecule has 0 unspecified atom stereocenters. The second-order valence-electron chi connectivity index (χ2n) is 7.08. The van der Waals surface area contributed by atoms with E-state index in [4.69, 9.17) is 4.74 Å². The van der Waals surface area contributed by atoms with E-state index in [1.807, 2.05) is 23.0 Å². The maximum Gasteiger partial charge on any atom is 0.416 e. The predicted molar refractivity (Wildman–Crippen MR) is 101 cm³/mol. The van der Waals surface area contributed by atoms with E-state index in [0.717, 1.165) is 30.8 Å². The molecule has 1 aromatic heterocycles. The van der Waals surface area contributed by atoms with Gasteiger partial charge in [0.2, 0.25) is 0 Å². The zero-order chi connectivity index (χ0) is 19.7. The summed E-state index contributed by atoms with van der Waals surface area (Å²) < 4.78 is 46.0. The first-order chi connectivity index (χ1) is 13.4. The van der Waals surface area contributed by atoms with Crippen molar-refractivity contribution >= 4 is 0 Å². The molecule has 4 rings (SSSR count). The number of benzene rings is 2. The molecule has 2 heterocycles. The average molecular weight is 386 g/mol. The van der Waals surface area contributed by atoms with Crippen LogP contribution in [0.4, 0.5) is 13.2 Å². The highest BCUT2D eigenvalue weighted by Gasteiger charge is 2.30. The molecule has 1 fully saturated rings. The molecule has 6 heteroatoms. The van der Waals surface area contributed by atoms with Crippen molar-refractivity contribution in [2.24, 2.45) is 0 Å². The van der Waals surface area contributed by atoms with Crippen molar-refractivity contribution in [2.75, 3.05) is 13.2 Å². The maximum absolute atomic E-state index is 12.7. The van der Waals surface area contributed by atoms with Crippen molar-refractivity contribution in [1.82, 2.24) is 9.47 Å². The first-order valence-corrected chi connectivity index (χ1v) is 9.17. The molecule has 0 spiro atoms. The molecule has 3 nitrogen and oxygen atoms in total. The van der Waals surface area contributed by atoms with Crippen LogP contribution in [-0.4, -0.2) is 22.6 Å². The molecule has 0 saturated carbocycles. The second-order valence-corrected chi connectivity index (χ2v) is 7.08. The number of aromatic nitrogens is 1. The third-order valence-corrected chi connectivity index (χ3v) is 4.95. The molecule has 1 aliphatic heterocycles. The van der Waals surface area contributed by atoms with Crippen LogP contribution in [0.2, 0.25) is 0 Å². The molecule has 0 aliphatic carbocycles. The van der Waals surface area contributed by atoms with E-state index in [1.54, 1.807) is 0 Å². The number of nitrogens with zero attached hydrogens (tertiary/aromatic N) is 2. The van der Waals surface area contributed by atoms with Gasteiger partial charge < -0.3 is 9.30 Å². The maximum atomic E-state index is 12.7. The molecular weight excluding hydrogens is 365 g/mol. The lowest BCUT2D eigenvalue weighted by molar-refractivity contribution is -0.137. The van der Waals surface area contributed by atoms with Gasteiger partial charge in [-0.3, -0.25) is 4.90 Å². The molecule has 0 radical (unpaired) electrons. The first-order valence-electron chi connectivity index (χ1n) is 9.17. The minimum Gasteiger partial charge on any atom is -0.357 e. The molecule has 0 bridgehead atoms. The topological polar surface area (TPSA) is 17.4 Å². The Morgan fingerprint density at radius 3 is 2.57 bits per heavy atom. The third kappa shape index (κ3) is 3.98. The standard InChI is InChI=1S/C22H21F3N2O/c1-16-3-2-4-17(13-16)14-27-11-12-28-21(27)18-9-10-26(15-18)20-7-5-19(6-8-20)22(23,24)25/h2-10,13,15,21H,11-12,14H2,1H3/t21-/m1/s1. The molecule has 0 amide bonds. The van der Waals surface area contributed by atoms with Crippen LogP contribution in [0, 0.1) is 6.92 Å². The van der Waals surface area contributed by atoms with Crippen molar-refractivity contribution in [1.29, 1.82) is 0 Å². The van der Waals surface area contributed by atoms with E-state index in [9.17, 15) is 13.2 Å². The van der Waals surface area contributed by atoms with Crippen LogP contribution in [0.1, 0.15) is 28.5 Å². The number of rotatable bonds is 4. The summed E-state index contributed by atoms with van der Waals surface area (Å²) in [5, 5.41) is 0. The molecule has 2 aromatic carbocycles. The Labute approximate surface area is 162 Å². The van der Waals surface area contributed by atoms with Crippen LogP contribution < -0.4 is 0 Å². The molecule has 0 N–H and O–H groups in total. The zero-order valence-corrected chi connectivity index (χ0v) is 15.5. The van der Waals surface area contributed by atoms with Gasteiger partial charge in [0.25, 0.3) is 0 Å². The van der Waals surface area contributed by atoms with Crippen molar-refractivity contribution in [2.45, 2.75) is 25.9 Å². The van der Waals surface area contributed by atoms with E-state index in [1.165, 1.54) is 23.3 Å². The average Bonchev–Trinajstić information content (AvgIpc) is 3.30. The smallest absolute Gasteiger partial charge is 0.357 e. The van der Waals surface area contributed by atoms with Gasteiger partial charge >= 0.3 is 6.18 Å². The molecular formula is C22H21F3N2O. The van der Waals surface area contributed by atoms with E-state index < -0.39 is 11.7 Å². The summed E-state index contributed by atoms with van der Waals surface area (Å²) in [6.07, 6.45) is -0.711. The van der Waals surface area contributed by atoms with Crippen LogP contribution >= 0.6 is 0 Å². The first kappa shape index (κ1) is 18.8. The van der Waals surface area contributed by atoms with Gasteiger partial charge in [0.05, 0.1) is 12.2 Å². The highest BCUT2D eigenvalue weighted by Crippen LogP contribution is 2.31. The second kappa shape index (κ2) is 7.45. The lowest BCUT2D eigenvalue weighted by atomic mass is 10.1. The Morgan fingerprint density at radius 1 is 1.07 bits per heavy atom. The monoisotopic (exact) mass is 386 g/mol. The van der Waals surface area contributed by atoms with Crippen LogP contribution in [0.15, 0.2) is 67.0 Å². The third-order valence-electron chi connectivity index (χ3n) is 4.95. The van der Waals surface area contributed by atoms with Crippen LogP contribution in [0.25, 0.3) is 5.69 Å². The Morgan fingerprint density at radius 2 is 1.86 bits per heavy atom. The molecule has 28 heavy (non-hydrogen) atoms. The van der Waals surface area contributed by atoms with Crippen LogP contribution in [0.3, 0.4) is 0 Å². The quantitative estimate of drug-likeness (QED) is 0.603. The highest BCUT2D eigenvalue weighted by molar-refractivity contribution is 5.37. The van der Waals surface area contributed by atoms with Gasteiger partial charge in [0, 0.05) is 36.7 Å². The summed E-state index contributed by atoms with van der Waals surface area (Å²) in [7, 11) is 0. The molecule has 3 aromatic rings.